The maximum atomic E-state index is 11.4. The predicted octanol–water partition coefficient (Wildman–Crippen LogP) is -0.0118. The fourth-order valence-electron chi connectivity index (χ4n) is 1.21. The summed E-state index contributed by atoms with van der Waals surface area (Å²) >= 11 is 0. The quantitative estimate of drug-likeness (QED) is 0.625. The molecular weight excluding hydrogens is 222 g/mol. The molecule has 0 aliphatic carbocycles. The molecule has 0 amide bonds. The molecule has 0 fully saturated rings. The number of ether oxygens (including phenoxy) is 1. The Morgan fingerprint density at radius 3 is 3.00 bits per heavy atom. The van der Waals surface area contributed by atoms with Crippen molar-refractivity contribution in [3.8, 4) is 0 Å². The summed E-state index contributed by atoms with van der Waals surface area (Å²) in [4.78, 5) is 15.5. The second-order valence-corrected chi connectivity index (χ2v) is 3.68. The smallest absolute Gasteiger partial charge is 0.341 e. The average Bonchev–Trinajstić information content (AvgIpc) is 2.35. The van der Waals surface area contributed by atoms with Gasteiger partial charge < -0.3 is 20.9 Å². The zero-order chi connectivity index (χ0) is 12.8. The number of rotatable bonds is 5. The lowest BCUT2D eigenvalue weighted by Crippen LogP contribution is -2.39. The predicted molar refractivity (Wildman–Crippen MR) is 63.7 cm³/mol. The minimum absolute atomic E-state index is 0.318. The zero-order valence-electron chi connectivity index (χ0n) is 9.88. The summed E-state index contributed by atoms with van der Waals surface area (Å²) in [5, 5.41) is 12.2. The number of hydrogen-bond acceptors (Lipinski definition) is 6. The Hall–Kier alpha value is -1.66. The number of aromatic nitrogens is 1. The minimum atomic E-state index is -0.632. The van der Waals surface area contributed by atoms with E-state index in [-0.39, 0.29) is 0 Å². The van der Waals surface area contributed by atoms with Crippen molar-refractivity contribution in [3.05, 3.63) is 23.9 Å². The van der Waals surface area contributed by atoms with Gasteiger partial charge in [-0.05, 0) is 19.1 Å². The molecule has 94 valence electrons. The van der Waals surface area contributed by atoms with E-state index >= 15 is 0 Å². The van der Waals surface area contributed by atoms with E-state index in [1.165, 1.54) is 7.11 Å². The number of hydrogen-bond donors (Lipinski definition) is 3. The third-order valence-corrected chi connectivity index (χ3v) is 2.34. The van der Waals surface area contributed by atoms with Crippen molar-refractivity contribution in [2.75, 3.05) is 19.0 Å². The van der Waals surface area contributed by atoms with Crippen LogP contribution in [0, 0.1) is 0 Å². The van der Waals surface area contributed by atoms with E-state index in [1.54, 1.807) is 25.3 Å². The van der Waals surface area contributed by atoms with Crippen LogP contribution in [0.4, 0.5) is 5.82 Å². The van der Waals surface area contributed by atoms with E-state index in [4.69, 9.17) is 5.73 Å². The molecule has 6 heteroatoms. The lowest BCUT2D eigenvalue weighted by molar-refractivity contribution is 0.0601. The van der Waals surface area contributed by atoms with Crippen LogP contribution in [-0.2, 0) is 4.74 Å². The van der Waals surface area contributed by atoms with E-state index < -0.39 is 18.1 Å². The van der Waals surface area contributed by atoms with Crippen LogP contribution in [-0.4, -0.2) is 41.9 Å². The molecule has 4 N–H and O–H groups in total. The standard InChI is InChI=1S/C11H17N3O3/c1-7(15)9(12)6-14-10-8(11(16)17-2)4-3-5-13-10/h3-5,7,9,15H,6,12H2,1-2H3,(H,13,14). The van der Waals surface area contributed by atoms with Crippen molar-refractivity contribution in [1.29, 1.82) is 0 Å². The highest BCUT2D eigenvalue weighted by Crippen LogP contribution is 2.12. The number of aliphatic hydroxyl groups is 1. The summed E-state index contributed by atoms with van der Waals surface area (Å²) in [6.07, 6.45) is 0.927. The van der Waals surface area contributed by atoms with Crippen LogP contribution in [0.25, 0.3) is 0 Å². The van der Waals surface area contributed by atoms with Gasteiger partial charge in [0.1, 0.15) is 11.4 Å². The number of methoxy groups -OCH3 is 1. The maximum absolute atomic E-state index is 11.4. The second-order valence-electron chi connectivity index (χ2n) is 3.68. The highest BCUT2D eigenvalue weighted by molar-refractivity contribution is 5.94. The molecule has 0 aromatic carbocycles. The number of nitrogens with two attached hydrogens (primary N) is 1. The van der Waals surface area contributed by atoms with Crippen molar-refractivity contribution in [1.82, 2.24) is 4.98 Å². The van der Waals surface area contributed by atoms with Crippen LogP contribution in [0.1, 0.15) is 17.3 Å². The summed E-state index contributed by atoms with van der Waals surface area (Å²) in [7, 11) is 1.31. The third kappa shape index (κ3) is 3.69. The number of anilines is 1. The molecule has 0 aliphatic heterocycles. The zero-order valence-corrected chi connectivity index (χ0v) is 9.88. The van der Waals surface area contributed by atoms with E-state index in [9.17, 15) is 9.90 Å². The highest BCUT2D eigenvalue weighted by atomic mass is 16.5. The maximum Gasteiger partial charge on any atom is 0.341 e. The summed E-state index contributed by atoms with van der Waals surface area (Å²) < 4.78 is 4.63. The summed E-state index contributed by atoms with van der Waals surface area (Å²) in [5.74, 6) is -0.0679. The molecule has 0 spiro atoms. The molecule has 2 unspecified atom stereocenters. The molecule has 1 aromatic rings. The molecule has 0 radical (unpaired) electrons. The highest BCUT2D eigenvalue weighted by Gasteiger charge is 2.14. The number of aliphatic hydroxyl groups excluding tert-OH is 1. The van der Waals surface area contributed by atoms with Crippen molar-refractivity contribution < 1.29 is 14.6 Å². The van der Waals surface area contributed by atoms with E-state index in [0.717, 1.165) is 0 Å². The molecule has 1 heterocycles. The van der Waals surface area contributed by atoms with Crippen LogP contribution in [0.3, 0.4) is 0 Å². The van der Waals surface area contributed by atoms with Gasteiger partial charge >= 0.3 is 5.97 Å². The molecule has 0 saturated carbocycles. The lowest BCUT2D eigenvalue weighted by atomic mass is 10.2. The minimum Gasteiger partial charge on any atom is -0.465 e. The molecule has 6 nitrogen and oxygen atoms in total. The van der Waals surface area contributed by atoms with Gasteiger partial charge in [0.05, 0.1) is 13.2 Å². The number of esters is 1. The third-order valence-electron chi connectivity index (χ3n) is 2.34. The molecule has 1 rings (SSSR count). The Kier molecular flexibility index (Phi) is 4.86. The van der Waals surface area contributed by atoms with Gasteiger partial charge in [-0.1, -0.05) is 0 Å². The molecule has 0 aliphatic rings. The Balaban J connectivity index is 2.74. The second kappa shape index (κ2) is 6.17. The molecule has 0 saturated heterocycles. The Labute approximate surface area is 99.8 Å². The fourth-order valence-corrected chi connectivity index (χ4v) is 1.21. The molecule has 0 bridgehead atoms. The van der Waals surface area contributed by atoms with Crippen LogP contribution < -0.4 is 11.1 Å². The Morgan fingerprint density at radius 1 is 1.71 bits per heavy atom. The molecule has 1 aromatic heterocycles. The number of pyridine rings is 1. The number of nitrogens with zero attached hydrogens (tertiary/aromatic N) is 1. The van der Waals surface area contributed by atoms with Crippen LogP contribution in [0.2, 0.25) is 0 Å². The fraction of sp³-hybridized carbons (Fsp3) is 0.455. The van der Waals surface area contributed by atoms with Gasteiger partial charge in [-0.3, -0.25) is 0 Å². The van der Waals surface area contributed by atoms with E-state index in [0.29, 0.717) is 17.9 Å². The van der Waals surface area contributed by atoms with Gasteiger partial charge in [0.2, 0.25) is 0 Å². The summed E-state index contributed by atoms with van der Waals surface area (Å²) in [5.41, 5.74) is 6.01. The SMILES string of the molecule is COC(=O)c1cccnc1NCC(N)C(C)O. The van der Waals surface area contributed by atoms with Gasteiger partial charge in [0.25, 0.3) is 0 Å². The van der Waals surface area contributed by atoms with E-state index in [1.807, 2.05) is 0 Å². The van der Waals surface area contributed by atoms with Crippen molar-refractivity contribution >= 4 is 11.8 Å². The van der Waals surface area contributed by atoms with Crippen LogP contribution in [0.15, 0.2) is 18.3 Å². The summed E-state index contributed by atoms with van der Waals surface area (Å²) in [6, 6.07) is 2.82. The molecular formula is C11H17N3O3. The van der Waals surface area contributed by atoms with Crippen LogP contribution >= 0.6 is 0 Å². The number of carbonyl (C=O) groups excluding carboxylic acids is 1. The molecule has 17 heavy (non-hydrogen) atoms. The Bertz CT molecular complexity index is 382. The first kappa shape index (κ1) is 13.4. The molecule has 2 atom stereocenters. The topological polar surface area (TPSA) is 97.5 Å². The number of nitrogens with one attached hydrogen (secondary N) is 1. The van der Waals surface area contributed by atoms with Crippen LogP contribution in [0.5, 0.6) is 0 Å². The monoisotopic (exact) mass is 239 g/mol. The largest absolute Gasteiger partial charge is 0.465 e. The first-order chi connectivity index (χ1) is 8.06. The van der Waals surface area contributed by atoms with Gasteiger partial charge in [-0.15, -0.1) is 0 Å². The van der Waals surface area contributed by atoms with Crippen molar-refractivity contribution in [3.63, 3.8) is 0 Å². The van der Waals surface area contributed by atoms with E-state index in [2.05, 4.69) is 15.0 Å². The van der Waals surface area contributed by atoms with Crippen molar-refractivity contribution in [2.45, 2.75) is 19.1 Å². The number of carbonyl (C=O) groups is 1. The average molecular weight is 239 g/mol. The first-order valence-corrected chi connectivity index (χ1v) is 5.27. The van der Waals surface area contributed by atoms with Gasteiger partial charge in [-0.2, -0.15) is 0 Å². The lowest BCUT2D eigenvalue weighted by Gasteiger charge is -2.16. The van der Waals surface area contributed by atoms with Gasteiger partial charge in [-0.25, -0.2) is 9.78 Å². The van der Waals surface area contributed by atoms with Crippen molar-refractivity contribution in [2.24, 2.45) is 5.73 Å². The van der Waals surface area contributed by atoms with Gasteiger partial charge in [0, 0.05) is 18.8 Å². The summed E-state index contributed by atoms with van der Waals surface area (Å²) in [6.45, 7) is 1.92. The normalized spacial score (nSPS) is 13.9. The Morgan fingerprint density at radius 2 is 2.41 bits per heavy atom. The first-order valence-electron chi connectivity index (χ1n) is 5.27. The van der Waals surface area contributed by atoms with Gasteiger partial charge in [0.15, 0.2) is 0 Å².